The van der Waals surface area contributed by atoms with Gasteiger partial charge in [-0.3, -0.25) is 0 Å². The van der Waals surface area contributed by atoms with E-state index >= 15 is 0 Å². The zero-order chi connectivity index (χ0) is 14.4. The predicted octanol–water partition coefficient (Wildman–Crippen LogP) is 5.26. The second kappa shape index (κ2) is 5.31. The number of rotatable bonds is 1. The number of halogens is 3. The van der Waals surface area contributed by atoms with Crippen molar-refractivity contribution in [3.8, 4) is 10.7 Å². The van der Waals surface area contributed by atoms with Crippen LogP contribution >= 0.6 is 54.8 Å². The fourth-order valence-electron chi connectivity index (χ4n) is 1.53. The van der Waals surface area contributed by atoms with Crippen LogP contribution in [0.15, 0.2) is 15.0 Å². The lowest BCUT2D eigenvalue weighted by atomic mass is 9.92. The summed E-state index contributed by atoms with van der Waals surface area (Å²) in [5.74, 6) is 1.04. The molecule has 2 aromatic heterocycles. The van der Waals surface area contributed by atoms with Crippen molar-refractivity contribution in [3.63, 3.8) is 0 Å². The quantitative estimate of drug-likeness (QED) is 0.678. The number of hydrogen-bond acceptors (Lipinski definition) is 4. The minimum Gasteiger partial charge on any atom is -0.383 e. The van der Waals surface area contributed by atoms with E-state index in [-0.39, 0.29) is 5.41 Å². The van der Waals surface area contributed by atoms with Crippen molar-refractivity contribution in [1.29, 1.82) is 0 Å². The first kappa shape index (κ1) is 15.2. The van der Waals surface area contributed by atoms with E-state index in [0.29, 0.717) is 16.0 Å². The van der Waals surface area contributed by atoms with Crippen molar-refractivity contribution in [3.05, 3.63) is 25.0 Å². The summed E-state index contributed by atoms with van der Waals surface area (Å²) in [6.45, 7) is 6.25. The highest BCUT2D eigenvalue weighted by Gasteiger charge is 2.23. The van der Waals surface area contributed by atoms with E-state index in [1.54, 1.807) is 0 Å². The number of hydrogen-bond donors (Lipinski definition) is 1. The van der Waals surface area contributed by atoms with Crippen molar-refractivity contribution >= 4 is 60.6 Å². The molecule has 0 saturated heterocycles. The van der Waals surface area contributed by atoms with Crippen LogP contribution in [0.25, 0.3) is 10.7 Å². The number of anilines is 1. The van der Waals surface area contributed by atoms with E-state index < -0.39 is 0 Å². The zero-order valence-corrected chi connectivity index (χ0v) is 15.3. The lowest BCUT2D eigenvalue weighted by molar-refractivity contribution is 0.565. The fraction of sp³-hybridized carbons (Fsp3) is 0.333. The Morgan fingerprint density at radius 1 is 1.26 bits per heavy atom. The Bertz CT molecular complexity index is 615. The first-order valence-electron chi connectivity index (χ1n) is 5.49. The van der Waals surface area contributed by atoms with Gasteiger partial charge in [-0.2, -0.15) is 0 Å². The van der Waals surface area contributed by atoms with Gasteiger partial charge < -0.3 is 5.73 Å². The average Bonchev–Trinajstić information content (AvgIpc) is 2.61. The van der Waals surface area contributed by atoms with Crippen LogP contribution in [-0.2, 0) is 5.41 Å². The third kappa shape index (κ3) is 3.12. The van der Waals surface area contributed by atoms with E-state index in [2.05, 4.69) is 62.6 Å². The molecule has 0 aromatic carbocycles. The lowest BCUT2D eigenvalue weighted by Crippen LogP contribution is -2.16. The van der Waals surface area contributed by atoms with Gasteiger partial charge in [-0.15, -0.1) is 11.3 Å². The molecule has 7 heteroatoms. The molecule has 0 atom stereocenters. The Morgan fingerprint density at radius 2 is 1.89 bits per heavy atom. The van der Waals surface area contributed by atoms with Crippen LogP contribution < -0.4 is 5.73 Å². The molecule has 0 amide bonds. The van der Waals surface area contributed by atoms with Gasteiger partial charge in [-0.1, -0.05) is 32.4 Å². The van der Waals surface area contributed by atoms with Gasteiger partial charge in [0.1, 0.15) is 10.2 Å². The van der Waals surface area contributed by atoms with E-state index in [4.69, 9.17) is 17.3 Å². The fourth-order valence-corrected chi connectivity index (χ4v) is 3.94. The van der Waals surface area contributed by atoms with Gasteiger partial charge in [-0.25, -0.2) is 9.97 Å². The normalized spacial score (nSPS) is 11.9. The van der Waals surface area contributed by atoms with Crippen LogP contribution in [0.4, 0.5) is 5.82 Å². The molecule has 0 aliphatic heterocycles. The number of thiophene rings is 1. The van der Waals surface area contributed by atoms with Gasteiger partial charge in [0.25, 0.3) is 0 Å². The Kier molecular flexibility index (Phi) is 4.26. The Labute approximate surface area is 137 Å². The third-order valence-corrected chi connectivity index (χ3v) is 5.71. The summed E-state index contributed by atoms with van der Waals surface area (Å²) in [4.78, 5) is 9.83. The highest BCUT2D eigenvalue weighted by atomic mass is 79.9. The molecular weight excluding hydrogens is 413 g/mol. The second-order valence-electron chi connectivity index (χ2n) is 5.08. The first-order valence-corrected chi connectivity index (χ1v) is 8.27. The Balaban J connectivity index is 2.63. The van der Waals surface area contributed by atoms with Crippen LogP contribution in [-0.4, -0.2) is 9.97 Å². The SMILES string of the molecule is CC(C)(C)c1nc(-c2cc(Br)c(Cl)s2)nc(N)c1Br. The summed E-state index contributed by atoms with van der Waals surface area (Å²) in [6.07, 6.45) is 0. The largest absolute Gasteiger partial charge is 0.383 e. The molecule has 3 nitrogen and oxygen atoms in total. The topological polar surface area (TPSA) is 51.8 Å². The average molecular weight is 426 g/mol. The van der Waals surface area contributed by atoms with E-state index in [0.717, 1.165) is 19.5 Å². The van der Waals surface area contributed by atoms with E-state index in [9.17, 15) is 0 Å². The summed E-state index contributed by atoms with van der Waals surface area (Å²) in [5.41, 5.74) is 6.73. The maximum atomic E-state index is 6.06. The third-order valence-electron chi connectivity index (χ3n) is 2.45. The van der Waals surface area contributed by atoms with Gasteiger partial charge in [0, 0.05) is 9.89 Å². The highest BCUT2D eigenvalue weighted by Crippen LogP contribution is 2.39. The lowest BCUT2D eigenvalue weighted by Gasteiger charge is -2.20. The van der Waals surface area contributed by atoms with Crippen molar-refractivity contribution in [2.24, 2.45) is 0 Å². The van der Waals surface area contributed by atoms with Gasteiger partial charge in [-0.05, 0) is 37.9 Å². The molecule has 2 heterocycles. The molecule has 2 rings (SSSR count). The van der Waals surface area contributed by atoms with Gasteiger partial charge in [0.15, 0.2) is 5.82 Å². The Hall–Kier alpha value is -0.170. The molecule has 0 spiro atoms. The van der Waals surface area contributed by atoms with Crippen molar-refractivity contribution < 1.29 is 0 Å². The van der Waals surface area contributed by atoms with Crippen LogP contribution in [0.3, 0.4) is 0 Å². The molecule has 0 unspecified atom stereocenters. The summed E-state index contributed by atoms with van der Waals surface area (Å²) in [6, 6.07) is 1.90. The zero-order valence-electron chi connectivity index (χ0n) is 10.6. The maximum absolute atomic E-state index is 6.06. The molecule has 0 fully saturated rings. The van der Waals surface area contributed by atoms with Crippen molar-refractivity contribution in [1.82, 2.24) is 9.97 Å². The predicted molar refractivity (Wildman–Crippen MR) is 88.9 cm³/mol. The smallest absolute Gasteiger partial charge is 0.172 e. The molecule has 2 aromatic rings. The highest BCUT2D eigenvalue weighted by molar-refractivity contribution is 9.11. The first-order chi connectivity index (χ1) is 8.70. The Morgan fingerprint density at radius 3 is 2.37 bits per heavy atom. The number of nitrogen functional groups attached to an aromatic ring is 1. The van der Waals surface area contributed by atoms with Crippen LogP contribution in [0, 0.1) is 0 Å². The molecule has 0 radical (unpaired) electrons. The summed E-state index contributed by atoms with van der Waals surface area (Å²) >= 11 is 14.3. The van der Waals surface area contributed by atoms with Gasteiger partial charge in [0.05, 0.1) is 15.0 Å². The van der Waals surface area contributed by atoms with Gasteiger partial charge >= 0.3 is 0 Å². The molecule has 0 saturated carbocycles. The number of nitrogens with zero attached hydrogens (tertiary/aromatic N) is 2. The van der Waals surface area contributed by atoms with E-state index in [1.165, 1.54) is 11.3 Å². The molecular formula is C12H12Br2ClN3S. The second-order valence-corrected chi connectivity index (χ2v) is 8.38. The maximum Gasteiger partial charge on any atom is 0.172 e. The molecule has 19 heavy (non-hydrogen) atoms. The summed E-state index contributed by atoms with van der Waals surface area (Å²) in [5, 5.41) is 0. The van der Waals surface area contributed by atoms with Gasteiger partial charge in [0.2, 0.25) is 0 Å². The summed E-state index contributed by atoms with van der Waals surface area (Å²) in [7, 11) is 0. The standard InChI is InChI=1S/C12H12Br2ClN3S/c1-12(2,3)8-7(14)10(16)18-11(17-8)6-4-5(13)9(15)19-6/h4H,1-3H3,(H2,16,17,18). The molecule has 0 aliphatic rings. The van der Waals surface area contributed by atoms with Crippen molar-refractivity contribution in [2.75, 3.05) is 5.73 Å². The molecule has 102 valence electrons. The molecule has 0 bridgehead atoms. The minimum atomic E-state index is -0.122. The molecule has 0 aliphatic carbocycles. The number of nitrogens with two attached hydrogens (primary N) is 1. The van der Waals surface area contributed by atoms with E-state index in [1.807, 2.05) is 6.07 Å². The molecule has 2 N–H and O–H groups in total. The minimum absolute atomic E-state index is 0.122. The van der Waals surface area contributed by atoms with Crippen molar-refractivity contribution in [2.45, 2.75) is 26.2 Å². The van der Waals surface area contributed by atoms with Crippen LogP contribution in [0.5, 0.6) is 0 Å². The van der Waals surface area contributed by atoms with Crippen LogP contribution in [0.2, 0.25) is 4.34 Å². The summed E-state index contributed by atoms with van der Waals surface area (Å²) < 4.78 is 2.28. The monoisotopic (exact) mass is 423 g/mol. The van der Waals surface area contributed by atoms with Crippen LogP contribution in [0.1, 0.15) is 26.5 Å². The number of aromatic nitrogens is 2.